The minimum atomic E-state index is -2.07. The van der Waals surface area contributed by atoms with Gasteiger partial charge in [0.1, 0.15) is 5.76 Å². The van der Waals surface area contributed by atoms with E-state index < -0.39 is 78.1 Å². The molecule has 5 rings (SSSR count). The van der Waals surface area contributed by atoms with Crippen LogP contribution in [0.3, 0.4) is 0 Å². The van der Waals surface area contributed by atoms with E-state index in [1.54, 1.807) is 12.1 Å². The van der Waals surface area contributed by atoms with Gasteiger partial charge in [-0.15, -0.1) is 0 Å². The number of piperidine rings is 1. The molecular weight excluding hydrogens is 586 g/mol. The van der Waals surface area contributed by atoms with Crippen LogP contribution < -0.4 is 9.47 Å². The molecule has 0 saturated carbocycles. The zero-order valence-electron chi connectivity index (χ0n) is 24.2. The number of benzene rings is 1. The summed E-state index contributed by atoms with van der Waals surface area (Å²) in [4.78, 5) is 61.5. The second-order valence-corrected chi connectivity index (χ2v) is 11.4. The van der Waals surface area contributed by atoms with E-state index in [1.807, 2.05) is 13.1 Å². The van der Waals surface area contributed by atoms with E-state index in [0.717, 1.165) is 18.1 Å². The van der Waals surface area contributed by atoms with Crippen LogP contribution in [-0.2, 0) is 50.0 Å². The number of carbonyl (C=O) groups is 5. The predicted molar refractivity (Wildman–Crippen MR) is 144 cm³/mol. The minimum absolute atomic E-state index is 0.115. The Hall–Kier alpha value is -4.21. The first-order valence-corrected chi connectivity index (χ1v) is 14.0. The highest BCUT2D eigenvalue weighted by Gasteiger charge is 2.72. The normalized spacial score (nSPS) is 28.2. The Morgan fingerprint density at radius 1 is 1.11 bits per heavy atom. The van der Waals surface area contributed by atoms with Crippen molar-refractivity contribution in [2.45, 2.75) is 80.5 Å². The van der Waals surface area contributed by atoms with Crippen molar-refractivity contribution < 1.29 is 68.1 Å². The summed E-state index contributed by atoms with van der Waals surface area (Å²) in [7, 11) is 3.46. The van der Waals surface area contributed by atoms with Crippen molar-refractivity contribution in [3.8, 4) is 11.5 Å². The topological polar surface area (TPSA) is 216 Å². The second kappa shape index (κ2) is 11.4. The fourth-order valence-corrected chi connectivity index (χ4v) is 6.88. The van der Waals surface area contributed by atoms with Crippen molar-refractivity contribution in [1.29, 1.82) is 0 Å². The van der Waals surface area contributed by atoms with Gasteiger partial charge in [-0.05, 0) is 51.1 Å². The largest absolute Gasteiger partial charge is 0.493 e. The lowest BCUT2D eigenvalue weighted by molar-refractivity contribution is -0.181. The van der Waals surface area contributed by atoms with E-state index in [0.29, 0.717) is 30.9 Å². The van der Waals surface area contributed by atoms with Gasteiger partial charge in [0, 0.05) is 18.0 Å². The van der Waals surface area contributed by atoms with Crippen molar-refractivity contribution in [3.63, 3.8) is 0 Å². The Morgan fingerprint density at radius 2 is 1.84 bits per heavy atom. The molecule has 0 radical (unpaired) electrons. The quantitative estimate of drug-likeness (QED) is 0.184. The molecule has 1 aromatic rings. The van der Waals surface area contributed by atoms with Gasteiger partial charge in [0.05, 0.1) is 31.0 Å². The second-order valence-electron chi connectivity index (χ2n) is 11.4. The summed E-state index contributed by atoms with van der Waals surface area (Å²) in [5, 5.41) is 40.3. The number of nitrogens with zero attached hydrogens (tertiary/aromatic N) is 1. The molecule has 1 fully saturated rings. The molecule has 2 aliphatic carbocycles. The van der Waals surface area contributed by atoms with Crippen LogP contribution in [0.2, 0.25) is 0 Å². The SMILES string of the molecule is COc1ccc2c3c1O[C@H]1C(OC(=O)C[C@H](O)C(=O)O[C@@H](C)C(=O)O[C@@H](CC(=O)O)C(=O)O)=CC[C@@]4(O)[C@@H](C2)N(C)CC[C@]314. The number of rotatable bonds is 11. The fourth-order valence-electron chi connectivity index (χ4n) is 6.88. The van der Waals surface area contributed by atoms with Gasteiger partial charge < -0.3 is 49.0 Å². The number of likely N-dealkylation sites (tertiary alicyclic amines) is 1. The van der Waals surface area contributed by atoms with Crippen molar-refractivity contribution in [3.05, 3.63) is 35.1 Å². The summed E-state index contributed by atoms with van der Waals surface area (Å²) < 4.78 is 26.9. The Kier molecular flexibility index (Phi) is 8.07. The van der Waals surface area contributed by atoms with Crippen molar-refractivity contribution >= 4 is 29.8 Å². The summed E-state index contributed by atoms with van der Waals surface area (Å²) in [6.45, 7) is 1.67. The van der Waals surface area contributed by atoms with Crippen LogP contribution in [0.5, 0.6) is 11.5 Å². The van der Waals surface area contributed by atoms with Gasteiger partial charge in [0.15, 0.2) is 29.8 Å². The molecule has 44 heavy (non-hydrogen) atoms. The molecule has 15 nitrogen and oxygen atoms in total. The monoisotopic (exact) mass is 619 g/mol. The zero-order valence-corrected chi connectivity index (χ0v) is 24.2. The van der Waals surface area contributed by atoms with Crippen LogP contribution >= 0.6 is 0 Å². The fraction of sp³-hybridized carbons (Fsp3) is 0.552. The Balaban J connectivity index is 1.27. The number of likely N-dealkylation sites (N-methyl/N-ethyl adjacent to an activating group) is 1. The van der Waals surface area contributed by atoms with E-state index in [4.69, 9.17) is 29.2 Å². The van der Waals surface area contributed by atoms with Gasteiger partial charge in [0.2, 0.25) is 6.10 Å². The number of ether oxygens (including phenoxy) is 5. The third-order valence-electron chi connectivity index (χ3n) is 8.94. The number of carbonyl (C=O) groups excluding carboxylic acids is 3. The van der Waals surface area contributed by atoms with Gasteiger partial charge in [-0.3, -0.25) is 9.59 Å². The van der Waals surface area contributed by atoms with Crippen LogP contribution in [0.25, 0.3) is 0 Å². The van der Waals surface area contributed by atoms with Crippen LogP contribution in [0.4, 0.5) is 0 Å². The Morgan fingerprint density at radius 3 is 2.50 bits per heavy atom. The van der Waals surface area contributed by atoms with Crippen molar-refractivity contribution in [2.24, 2.45) is 0 Å². The zero-order chi connectivity index (χ0) is 32.1. The van der Waals surface area contributed by atoms with E-state index in [-0.39, 0.29) is 18.2 Å². The first kappa shape index (κ1) is 31.2. The number of aliphatic hydroxyl groups excluding tert-OH is 1. The Labute approximate surface area is 250 Å². The summed E-state index contributed by atoms with van der Waals surface area (Å²) in [5.41, 5.74) is -0.342. The van der Waals surface area contributed by atoms with E-state index >= 15 is 0 Å². The van der Waals surface area contributed by atoms with Crippen LogP contribution in [0.15, 0.2) is 24.0 Å². The molecule has 0 unspecified atom stereocenters. The molecule has 238 valence electrons. The maximum Gasteiger partial charge on any atom is 0.348 e. The third-order valence-corrected chi connectivity index (χ3v) is 8.94. The number of carboxylic acids is 2. The number of aliphatic carboxylic acids is 2. The summed E-state index contributed by atoms with van der Waals surface area (Å²) in [5.74, 6) is -5.97. The molecule has 2 aliphatic heterocycles. The molecule has 4 N–H and O–H groups in total. The number of hydrogen-bond donors (Lipinski definition) is 4. The smallest absolute Gasteiger partial charge is 0.348 e. The molecule has 7 atom stereocenters. The molecular formula is C29H33NO14. The summed E-state index contributed by atoms with van der Waals surface area (Å²) in [6, 6.07) is 3.53. The number of methoxy groups -OCH3 is 1. The lowest BCUT2D eigenvalue weighted by Gasteiger charge is -2.61. The number of carboxylic acid groups (broad SMARTS) is 2. The molecule has 2 bridgehead atoms. The van der Waals surface area contributed by atoms with E-state index in [9.17, 15) is 34.2 Å². The van der Waals surface area contributed by atoms with Gasteiger partial charge in [-0.1, -0.05) is 6.07 Å². The average molecular weight is 620 g/mol. The highest BCUT2D eigenvalue weighted by Crippen LogP contribution is 2.65. The van der Waals surface area contributed by atoms with Crippen molar-refractivity contribution in [1.82, 2.24) is 4.90 Å². The molecule has 0 amide bonds. The maximum atomic E-state index is 12.9. The lowest BCUT2D eigenvalue weighted by Crippen LogP contribution is -2.74. The van der Waals surface area contributed by atoms with E-state index in [1.165, 1.54) is 7.11 Å². The maximum absolute atomic E-state index is 12.9. The first-order chi connectivity index (χ1) is 20.7. The molecule has 0 aromatic heterocycles. The summed E-state index contributed by atoms with van der Waals surface area (Å²) in [6.07, 6.45) is -5.76. The molecule has 1 aromatic carbocycles. The number of esters is 3. The summed E-state index contributed by atoms with van der Waals surface area (Å²) >= 11 is 0. The lowest BCUT2D eigenvalue weighted by atomic mass is 9.50. The van der Waals surface area contributed by atoms with Gasteiger partial charge >= 0.3 is 29.8 Å². The van der Waals surface area contributed by atoms with Crippen LogP contribution in [0.1, 0.15) is 43.7 Å². The minimum Gasteiger partial charge on any atom is -0.493 e. The van der Waals surface area contributed by atoms with Gasteiger partial charge in [-0.25, -0.2) is 14.4 Å². The van der Waals surface area contributed by atoms with Crippen LogP contribution in [-0.4, -0.2) is 112 Å². The Bertz CT molecular complexity index is 1440. The van der Waals surface area contributed by atoms with Crippen molar-refractivity contribution in [2.75, 3.05) is 20.7 Å². The van der Waals surface area contributed by atoms with Gasteiger partial charge in [0.25, 0.3) is 0 Å². The molecule has 1 saturated heterocycles. The van der Waals surface area contributed by atoms with E-state index in [2.05, 4.69) is 9.64 Å². The molecule has 4 aliphatic rings. The highest BCUT2D eigenvalue weighted by molar-refractivity contribution is 5.87. The highest BCUT2D eigenvalue weighted by atomic mass is 16.6. The van der Waals surface area contributed by atoms with Crippen LogP contribution in [0, 0.1) is 0 Å². The third kappa shape index (κ3) is 4.94. The first-order valence-electron chi connectivity index (χ1n) is 14.0. The average Bonchev–Trinajstić information content (AvgIpc) is 3.31. The molecule has 15 heteroatoms. The number of hydrogen-bond acceptors (Lipinski definition) is 13. The van der Waals surface area contributed by atoms with Gasteiger partial charge in [-0.2, -0.15) is 0 Å². The molecule has 2 heterocycles. The standard InChI is InChI=1S/C29H33NO14/c1-13(26(37)43-18(25(35)36)12-20(32)33)41-27(38)15(31)11-21(34)42-17-6-7-29(39)19-10-14-4-5-16(40-3)23-22(14)28(29,24(17)44-23)8-9-30(19)2/h4-6,13,15,18-19,24,31,39H,7-12H2,1-3H3,(H,32,33)(H,35,36)/t13-,15-,18-,19+,24-,28-,29+/m0/s1. The number of aliphatic hydroxyl groups is 2. The predicted octanol–water partition coefficient (Wildman–Crippen LogP) is -0.330. The molecule has 1 spiro atoms.